The summed E-state index contributed by atoms with van der Waals surface area (Å²) in [6.45, 7) is 1.56. The van der Waals surface area contributed by atoms with Crippen LogP contribution in [0.2, 0.25) is 5.02 Å². The highest BCUT2D eigenvalue weighted by Gasteiger charge is 1.97. The molecule has 2 heteroatoms. The third-order valence-electron chi connectivity index (χ3n) is 2.68. The second-order valence-corrected chi connectivity index (χ2v) is 4.44. The van der Waals surface area contributed by atoms with Crippen LogP contribution in [-0.4, -0.2) is 5.78 Å². The molecular formula is C16H13ClO. The first kappa shape index (κ1) is 12.6. The SMILES string of the molecule is CC(=O)c1ccc(C=Cc2ccccc2Cl)cc1. The molecule has 0 fully saturated rings. The van der Waals surface area contributed by atoms with Gasteiger partial charge in [-0.3, -0.25) is 4.79 Å². The van der Waals surface area contributed by atoms with E-state index in [2.05, 4.69) is 0 Å². The molecule has 0 bridgehead atoms. The zero-order valence-corrected chi connectivity index (χ0v) is 10.8. The molecule has 2 aromatic rings. The van der Waals surface area contributed by atoms with E-state index in [0.717, 1.165) is 21.7 Å². The summed E-state index contributed by atoms with van der Waals surface area (Å²) in [5, 5.41) is 0.731. The zero-order chi connectivity index (χ0) is 13.0. The van der Waals surface area contributed by atoms with Crippen LogP contribution in [0.25, 0.3) is 12.2 Å². The molecule has 2 aromatic carbocycles. The minimum Gasteiger partial charge on any atom is -0.295 e. The van der Waals surface area contributed by atoms with Gasteiger partial charge in [0.2, 0.25) is 0 Å². The Balaban J connectivity index is 2.19. The van der Waals surface area contributed by atoms with Gasteiger partial charge in [-0.15, -0.1) is 0 Å². The highest BCUT2D eigenvalue weighted by atomic mass is 35.5. The van der Waals surface area contributed by atoms with E-state index in [-0.39, 0.29) is 5.78 Å². The van der Waals surface area contributed by atoms with Gasteiger partial charge in [0.15, 0.2) is 5.78 Å². The third-order valence-corrected chi connectivity index (χ3v) is 3.02. The number of benzene rings is 2. The molecule has 18 heavy (non-hydrogen) atoms. The fourth-order valence-electron chi connectivity index (χ4n) is 1.63. The van der Waals surface area contributed by atoms with Crippen molar-refractivity contribution in [3.8, 4) is 0 Å². The highest BCUT2D eigenvalue weighted by molar-refractivity contribution is 6.32. The topological polar surface area (TPSA) is 17.1 Å². The minimum absolute atomic E-state index is 0.0802. The van der Waals surface area contributed by atoms with E-state index < -0.39 is 0 Å². The molecular weight excluding hydrogens is 244 g/mol. The van der Waals surface area contributed by atoms with Gasteiger partial charge in [-0.1, -0.05) is 66.2 Å². The van der Waals surface area contributed by atoms with E-state index in [1.54, 1.807) is 6.92 Å². The smallest absolute Gasteiger partial charge is 0.159 e. The number of Topliss-reactive ketones (excluding diaryl/α,β-unsaturated/α-hetero) is 1. The Labute approximate surface area is 112 Å². The lowest BCUT2D eigenvalue weighted by atomic mass is 10.1. The van der Waals surface area contributed by atoms with Crippen molar-refractivity contribution in [2.45, 2.75) is 6.92 Å². The molecule has 0 atom stereocenters. The van der Waals surface area contributed by atoms with Crippen LogP contribution in [0.4, 0.5) is 0 Å². The average Bonchev–Trinajstić information content (AvgIpc) is 2.38. The normalized spacial score (nSPS) is 10.8. The van der Waals surface area contributed by atoms with Gasteiger partial charge in [0.05, 0.1) is 0 Å². The molecule has 0 N–H and O–H groups in total. The van der Waals surface area contributed by atoms with Gasteiger partial charge in [0, 0.05) is 10.6 Å². The number of carbonyl (C=O) groups excluding carboxylic acids is 1. The molecule has 0 spiro atoms. The van der Waals surface area contributed by atoms with Crippen molar-refractivity contribution in [3.05, 3.63) is 70.2 Å². The molecule has 0 aromatic heterocycles. The van der Waals surface area contributed by atoms with Crippen molar-refractivity contribution in [1.82, 2.24) is 0 Å². The standard InChI is InChI=1S/C16H13ClO/c1-12(18)14-9-6-13(7-10-14)8-11-15-4-2-3-5-16(15)17/h2-11H,1H3. The molecule has 90 valence electrons. The molecule has 1 nitrogen and oxygen atoms in total. The largest absolute Gasteiger partial charge is 0.295 e. The minimum atomic E-state index is 0.0802. The first-order valence-corrected chi connectivity index (χ1v) is 6.08. The first-order valence-electron chi connectivity index (χ1n) is 5.70. The average molecular weight is 257 g/mol. The highest BCUT2D eigenvalue weighted by Crippen LogP contribution is 2.18. The predicted octanol–water partition coefficient (Wildman–Crippen LogP) is 4.71. The van der Waals surface area contributed by atoms with Crippen LogP contribution in [0.15, 0.2) is 48.5 Å². The van der Waals surface area contributed by atoms with Crippen LogP contribution in [0.5, 0.6) is 0 Å². The van der Waals surface area contributed by atoms with Gasteiger partial charge < -0.3 is 0 Å². The lowest BCUT2D eigenvalue weighted by Gasteiger charge is -1.98. The Bertz CT molecular complexity index is 582. The van der Waals surface area contributed by atoms with Gasteiger partial charge in [0.25, 0.3) is 0 Å². The predicted molar refractivity (Wildman–Crippen MR) is 76.8 cm³/mol. The second-order valence-electron chi connectivity index (χ2n) is 4.03. The maximum atomic E-state index is 11.1. The Morgan fingerprint density at radius 2 is 1.67 bits per heavy atom. The molecule has 0 heterocycles. The van der Waals surface area contributed by atoms with Crippen molar-refractivity contribution in [3.63, 3.8) is 0 Å². The Morgan fingerprint density at radius 3 is 2.28 bits per heavy atom. The Hall–Kier alpha value is -1.86. The van der Waals surface area contributed by atoms with Gasteiger partial charge in [-0.05, 0) is 24.1 Å². The molecule has 0 aliphatic carbocycles. The van der Waals surface area contributed by atoms with E-state index in [1.165, 1.54) is 0 Å². The van der Waals surface area contributed by atoms with Gasteiger partial charge in [0.1, 0.15) is 0 Å². The van der Waals surface area contributed by atoms with Crippen molar-refractivity contribution < 1.29 is 4.79 Å². The van der Waals surface area contributed by atoms with Crippen LogP contribution in [0.1, 0.15) is 28.4 Å². The summed E-state index contributed by atoms with van der Waals surface area (Å²) in [4.78, 5) is 11.1. The summed E-state index contributed by atoms with van der Waals surface area (Å²) in [5.74, 6) is 0.0802. The van der Waals surface area contributed by atoms with Crippen molar-refractivity contribution in [2.24, 2.45) is 0 Å². The third kappa shape index (κ3) is 3.08. The molecule has 0 unspecified atom stereocenters. The maximum absolute atomic E-state index is 11.1. The zero-order valence-electron chi connectivity index (χ0n) is 10.1. The van der Waals surface area contributed by atoms with E-state index in [0.29, 0.717) is 0 Å². The van der Waals surface area contributed by atoms with Crippen molar-refractivity contribution in [1.29, 1.82) is 0 Å². The molecule has 0 aliphatic heterocycles. The Kier molecular flexibility index (Phi) is 3.96. The van der Waals surface area contributed by atoms with E-state index in [1.807, 2.05) is 60.7 Å². The molecule has 0 amide bonds. The maximum Gasteiger partial charge on any atom is 0.159 e. The number of hydrogen-bond acceptors (Lipinski definition) is 1. The van der Waals surface area contributed by atoms with E-state index in [9.17, 15) is 4.79 Å². The van der Waals surface area contributed by atoms with Crippen LogP contribution >= 0.6 is 11.6 Å². The lowest BCUT2D eigenvalue weighted by Crippen LogP contribution is -1.90. The summed E-state index contributed by atoms with van der Waals surface area (Å²) in [6.07, 6.45) is 3.94. The summed E-state index contributed by atoms with van der Waals surface area (Å²) >= 11 is 6.06. The van der Waals surface area contributed by atoms with E-state index >= 15 is 0 Å². The number of carbonyl (C=O) groups is 1. The molecule has 0 saturated carbocycles. The van der Waals surface area contributed by atoms with Crippen LogP contribution in [0, 0.1) is 0 Å². The monoisotopic (exact) mass is 256 g/mol. The van der Waals surface area contributed by atoms with E-state index in [4.69, 9.17) is 11.6 Å². The lowest BCUT2D eigenvalue weighted by molar-refractivity contribution is 0.101. The second kappa shape index (κ2) is 5.65. The van der Waals surface area contributed by atoms with Gasteiger partial charge >= 0.3 is 0 Å². The number of hydrogen-bond donors (Lipinski definition) is 0. The first-order chi connectivity index (χ1) is 8.66. The molecule has 0 radical (unpaired) electrons. The van der Waals surface area contributed by atoms with Crippen LogP contribution in [0.3, 0.4) is 0 Å². The summed E-state index contributed by atoms with van der Waals surface area (Å²) in [5.41, 5.74) is 2.75. The quantitative estimate of drug-likeness (QED) is 0.574. The summed E-state index contributed by atoms with van der Waals surface area (Å²) in [7, 11) is 0. The molecule has 0 saturated heterocycles. The molecule has 0 aliphatic rings. The van der Waals surface area contributed by atoms with Crippen molar-refractivity contribution in [2.75, 3.05) is 0 Å². The van der Waals surface area contributed by atoms with Crippen LogP contribution in [-0.2, 0) is 0 Å². The van der Waals surface area contributed by atoms with Gasteiger partial charge in [-0.2, -0.15) is 0 Å². The fraction of sp³-hybridized carbons (Fsp3) is 0.0625. The molecule has 2 rings (SSSR count). The number of halogens is 1. The number of rotatable bonds is 3. The number of ketones is 1. The summed E-state index contributed by atoms with van der Waals surface area (Å²) in [6, 6.07) is 15.2. The fourth-order valence-corrected chi connectivity index (χ4v) is 1.82. The summed E-state index contributed by atoms with van der Waals surface area (Å²) < 4.78 is 0. The van der Waals surface area contributed by atoms with Crippen LogP contribution < -0.4 is 0 Å². The Morgan fingerprint density at radius 1 is 1.00 bits per heavy atom. The van der Waals surface area contributed by atoms with Gasteiger partial charge in [-0.25, -0.2) is 0 Å². The van der Waals surface area contributed by atoms with Crippen molar-refractivity contribution >= 4 is 29.5 Å².